The molecular formula is C35H31N7O. The van der Waals surface area contributed by atoms with Gasteiger partial charge >= 0.3 is 0 Å². The minimum Gasteiger partial charge on any atom is -0.276 e. The van der Waals surface area contributed by atoms with Crippen molar-refractivity contribution in [3.05, 3.63) is 128 Å². The standard InChI is InChI=1S/C35H31N7O/c1-20-11-9-12-21(2)30(20)41-29(18-17-26-25(6)39-40-19-24(5)35(43)38-32(26)40)42(31-22(3)13-10-14-23(31)4)34-33(41)36-27-15-7-8-16-28(27)37-34/h7-19H,1-6H3/b26-17-. The molecule has 7 rings (SSSR count). The Bertz CT molecular complexity index is 2110. The highest BCUT2D eigenvalue weighted by Crippen LogP contribution is 2.51. The molecule has 43 heavy (non-hydrogen) atoms. The molecule has 0 bridgehead atoms. The smallest absolute Gasteiger partial charge is 0.276 e. The van der Waals surface area contributed by atoms with E-state index in [0.29, 0.717) is 11.2 Å². The van der Waals surface area contributed by atoms with Gasteiger partial charge in [0.2, 0.25) is 0 Å². The van der Waals surface area contributed by atoms with Crippen LogP contribution in [0.25, 0.3) is 22.8 Å². The van der Waals surface area contributed by atoms with Gasteiger partial charge in [-0.15, -0.1) is 0 Å². The van der Waals surface area contributed by atoms with Crippen molar-refractivity contribution in [1.29, 1.82) is 0 Å². The molecule has 1 aliphatic rings. The molecule has 0 N–H and O–H groups in total. The third-order valence-electron chi connectivity index (χ3n) is 8.11. The van der Waals surface area contributed by atoms with E-state index in [4.69, 9.17) is 9.97 Å². The maximum absolute atomic E-state index is 12.5. The Kier molecular flexibility index (Phi) is 6.09. The second-order valence-electron chi connectivity index (χ2n) is 11.2. The summed E-state index contributed by atoms with van der Waals surface area (Å²) in [6, 6.07) is 20.6. The van der Waals surface area contributed by atoms with Gasteiger partial charge in [0.1, 0.15) is 5.82 Å². The number of benzene rings is 3. The number of anilines is 4. The van der Waals surface area contributed by atoms with Gasteiger partial charge in [0.15, 0.2) is 17.3 Å². The fourth-order valence-electron chi connectivity index (χ4n) is 6.03. The summed E-state index contributed by atoms with van der Waals surface area (Å²) in [4.78, 5) is 31.7. The summed E-state index contributed by atoms with van der Waals surface area (Å²) in [5.74, 6) is 2.38. The summed E-state index contributed by atoms with van der Waals surface area (Å²) in [5.41, 5.74) is 9.84. The quantitative estimate of drug-likeness (QED) is 0.252. The zero-order valence-electron chi connectivity index (χ0n) is 25.0. The monoisotopic (exact) mass is 565 g/mol. The van der Waals surface area contributed by atoms with E-state index in [-0.39, 0.29) is 5.56 Å². The number of hydrogen-bond donors (Lipinski definition) is 0. The van der Waals surface area contributed by atoms with Crippen molar-refractivity contribution in [3.8, 4) is 0 Å². The van der Waals surface area contributed by atoms with E-state index >= 15 is 0 Å². The molecule has 4 heterocycles. The van der Waals surface area contributed by atoms with E-state index in [1.54, 1.807) is 17.6 Å². The third kappa shape index (κ3) is 4.17. The van der Waals surface area contributed by atoms with Gasteiger partial charge in [0, 0.05) is 17.0 Å². The number of aromatic nitrogens is 5. The lowest BCUT2D eigenvalue weighted by Crippen LogP contribution is -2.24. The first-order valence-corrected chi connectivity index (χ1v) is 14.3. The van der Waals surface area contributed by atoms with Crippen LogP contribution in [0.5, 0.6) is 0 Å². The Morgan fingerprint density at radius 2 is 1.12 bits per heavy atom. The fourth-order valence-corrected chi connectivity index (χ4v) is 6.03. The molecule has 0 fully saturated rings. The number of hydrogen-bond acceptors (Lipinski definition) is 7. The number of rotatable bonds is 3. The van der Waals surface area contributed by atoms with Crippen LogP contribution in [0.2, 0.25) is 0 Å². The second-order valence-corrected chi connectivity index (χ2v) is 11.2. The lowest BCUT2D eigenvalue weighted by Gasteiger charge is -2.28. The third-order valence-corrected chi connectivity index (χ3v) is 8.11. The zero-order chi connectivity index (χ0) is 30.0. The Labute approximate surface area is 249 Å². The highest BCUT2D eigenvalue weighted by atomic mass is 16.1. The van der Waals surface area contributed by atoms with Gasteiger partial charge in [0.25, 0.3) is 5.56 Å². The van der Waals surface area contributed by atoms with Crippen LogP contribution in [0.3, 0.4) is 0 Å². The molecule has 8 nitrogen and oxygen atoms in total. The number of fused-ring (bicyclic) bond motifs is 3. The molecule has 3 aromatic heterocycles. The van der Waals surface area contributed by atoms with E-state index in [2.05, 4.69) is 90.1 Å². The van der Waals surface area contributed by atoms with Crippen molar-refractivity contribution in [1.82, 2.24) is 24.6 Å². The van der Waals surface area contributed by atoms with E-state index < -0.39 is 0 Å². The molecule has 3 aromatic carbocycles. The van der Waals surface area contributed by atoms with Gasteiger partial charge < -0.3 is 0 Å². The molecule has 8 heteroatoms. The van der Waals surface area contributed by atoms with E-state index in [0.717, 1.165) is 73.0 Å². The average Bonchev–Trinajstić information content (AvgIpc) is 3.43. The SMILES string of the molecule is Cc1cccc(C)c1N1C(=C/C=c2/c(C)nn3cc(C)c(=O)nc23)N(c2c(C)cccc2C)c2nc3ccccc3nc21. The number of nitrogens with zero attached hydrogens (tertiary/aromatic N) is 7. The average molecular weight is 566 g/mol. The van der Waals surface area contributed by atoms with Gasteiger partial charge in [-0.3, -0.25) is 14.6 Å². The summed E-state index contributed by atoms with van der Waals surface area (Å²) in [6.45, 7) is 12.2. The largest absolute Gasteiger partial charge is 0.276 e. The minimum atomic E-state index is -0.252. The van der Waals surface area contributed by atoms with Gasteiger partial charge in [-0.1, -0.05) is 48.5 Å². The first kappa shape index (κ1) is 26.5. The van der Waals surface area contributed by atoms with E-state index in [1.807, 2.05) is 37.3 Å². The van der Waals surface area contributed by atoms with Crippen LogP contribution in [-0.4, -0.2) is 24.6 Å². The summed E-state index contributed by atoms with van der Waals surface area (Å²) in [5, 5.41) is 5.44. The minimum absolute atomic E-state index is 0.252. The van der Waals surface area contributed by atoms with Gasteiger partial charge in [-0.25, -0.2) is 14.5 Å². The van der Waals surface area contributed by atoms with Crippen LogP contribution in [0.15, 0.2) is 83.6 Å². The first-order valence-electron chi connectivity index (χ1n) is 14.3. The number of aryl methyl sites for hydroxylation is 6. The van der Waals surface area contributed by atoms with E-state index in [9.17, 15) is 4.79 Å². The Balaban J connectivity index is 1.60. The molecule has 0 amide bonds. The van der Waals surface area contributed by atoms with Crippen molar-refractivity contribution in [2.45, 2.75) is 41.5 Å². The Morgan fingerprint density at radius 1 is 0.605 bits per heavy atom. The first-order chi connectivity index (χ1) is 20.7. The van der Waals surface area contributed by atoms with Crippen molar-refractivity contribution in [3.63, 3.8) is 0 Å². The molecule has 1 aliphatic heterocycles. The Morgan fingerprint density at radius 3 is 1.63 bits per heavy atom. The molecule has 0 aliphatic carbocycles. The maximum Gasteiger partial charge on any atom is 0.276 e. The summed E-state index contributed by atoms with van der Waals surface area (Å²) < 4.78 is 1.68. The molecule has 0 atom stereocenters. The van der Waals surface area contributed by atoms with Crippen LogP contribution in [0, 0.1) is 41.5 Å². The normalized spacial score (nSPS) is 13.4. The summed E-state index contributed by atoms with van der Waals surface area (Å²) >= 11 is 0. The Hall–Kier alpha value is -5.37. The highest BCUT2D eigenvalue weighted by molar-refractivity contribution is 5.95. The predicted octanol–water partition coefficient (Wildman–Crippen LogP) is 6.21. The number of allylic oxidation sites excluding steroid dienone is 1. The van der Waals surface area contributed by atoms with Crippen LogP contribution in [0.1, 0.15) is 33.5 Å². The van der Waals surface area contributed by atoms with Gasteiger partial charge in [0.05, 0.1) is 28.1 Å². The lowest BCUT2D eigenvalue weighted by atomic mass is 10.1. The van der Waals surface area contributed by atoms with Crippen LogP contribution in [-0.2, 0) is 0 Å². The van der Waals surface area contributed by atoms with Crippen molar-refractivity contribution >= 4 is 45.8 Å². The zero-order valence-corrected chi connectivity index (χ0v) is 25.0. The highest BCUT2D eigenvalue weighted by Gasteiger charge is 2.38. The molecule has 212 valence electrons. The fraction of sp³-hybridized carbons (Fsp3) is 0.171. The van der Waals surface area contributed by atoms with E-state index in [1.165, 1.54) is 0 Å². The van der Waals surface area contributed by atoms with Crippen LogP contribution >= 0.6 is 0 Å². The molecule has 0 saturated carbocycles. The van der Waals surface area contributed by atoms with Crippen molar-refractivity contribution in [2.75, 3.05) is 9.80 Å². The lowest BCUT2D eigenvalue weighted by molar-refractivity contribution is 0.898. The molecule has 6 aromatic rings. The molecule has 0 spiro atoms. The maximum atomic E-state index is 12.5. The summed E-state index contributed by atoms with van der Waals surface area (Å²) in [7, 11) is 0. The molecule has 0 radical (unpaired) electrons. The number of para-hydroxylation sites is 4. The molecule has 0 unspecified atom stereocenters. The van der Waals surface area contributed by atoms with Gasteiger partial charge in [-0.2, -0.15) is 10.1 Å². The van der Waals surface area contributed by atoms with Crippen LogP contribution < -0.4 is 20.6 Å². The van der Waals surface area contributed by atoms with Crippen LogP contribution in [0.4, 0.5) is 23.0 Å². The summed E-state index contributed by atoms with van der Waals surface area (Å²) in [6.07, 6.45) is 5.81. The predicted molar refractivity (Wildman–Crippen MR) is 172 cm³/mol. The topological polar surface area (TPSA) is 79.5 Å². The van der Waals surface area contributed by atoms with Crippen molar-refractivity contribution < 1.29 is 0 Å². The second kappa shape index (κ2) is 9.87. The van der Waals surface area contributed by atoms with Gasteiger partial charge in [-0.05, 0) is 88.1 Å². The molecule has 0 saturated heterocycles. The van der Waals surface area contributed by atoms with Crippen molar-refractivity contribution in [2.24, 2.45) is 0 Å². The molecular weight excluding hydrogens is 534 g/mol.